The molecule has 0 bridgehead atoms. The standard InChI is InChI=1S/C30H25F3N2O8S2/c1-41-21-14-12-18(13-15-21)16-23(36)34-24-27(37)35-25(22(17-44-28(24)35)43-45(39,40)30(31,32)33)29(38)42-26(19-8-4-2-5-9-19)20-10-6-3-7-11-20/h2-15,24,26,28H,16-17H2,1H3,(H,34,36)/t24?,28-/m1/s1. The Morgan fingerprint density at radius 1 is 0.978 bits per heavy atom. The fourth-order valence-electron chi connectivity index (χ4n) is 4.72. The first kappa shape index (κ1) is 31.9. The highest BCUT2D eigenvalue weighted by atomic mass is 32.2. The molecule has 2 aliphatic heterocycles. The third-order valence-electron chi connectivity index (χ3n) is 6.89. The van der Waals surface area contributed by atoms with Gasteiger partial charge in [0.05, 0.1) is 19.3 Å². The van der Waals surface area contributed by atoms with Crippen molar-refractivity contribution in [3.8, 4) is 5.75 Å². The maximum absolute atomic E-state index is 13.7. The second kappa shape index (κ2) is 12.9. The largest absolute Gasteiger partial charge is 0.534 e. The van der Waals surface area contributed by atoms with Gasteiger partial charge in [-0.05, 0) is 28.8 Å². The molecule has 0 radical (unpaired) electrons. The number of benzene rings is 3. The molecule has 1 fully saturated rings. The highest BCUT2D eigenvalue weighted by molar-refractivity contribution is 8.00. The van der Waals surface area contributed by atoms with Gasteiger partial charge < -0.3 is 19.0 Å². The number of ether oxygens (including phenoxy) is 2. The summed E-state index contributed by atoms with van der Waals surface area (Å²) in [5.74, 6) is -3.55. The molecule has 5 rings (SSSR count). The number of methoxy groups -OCH3 is 1. The summed E-state index contributed by atoms with van der Waals surface area (Å²) in [6.45, 7) is 0. The number of β-lactam (4-membered cyclic amide) rings is 1. The van der Waals surface area contributed by atoms with Crippen molar-refractivity contribution in [2.45, 2.75) is 29.4 Å². The first-order valence-corrected chi connectivity index (χ1v) is 15.8. The van der Waals surface area contributed by atoms with Crippen LogP contribution in [0.2, 0.25) is 0 Å². The molecule has 0 aromatic heterocycles. The zero-order valence-electron chi connectivity index (χ0n) is 23.4. The monoisotopic (exact) mass is 662 g/mol. The number of nitrogens with zero attached hydrogens (tertiary/aromatic N) is 1. The molecule has 2 amide bonds. The number of rotatable bonds is 10. The molecule has 2 aliphatic rings. The molecule has 1 unspecified atom stereocenters. The van der Waals surface area contributed by atoms with Gasteiger partial charge in [0.1, 0.15) is 17.2 Å². The Balaban J connectivity index is 1.43. The van der Waals surface area contributed by atoms with Crippen molar-refractivity contribution in [3.63, 3.8) is 0 Å². The van der Waals surface area contributed by atoms with Crippen LogP contribution in [0.15, 0.2) is 96.4 Å². The van der Waals surface area contributed by atoms with E-state index in [0.29, 0.717) is 22.4 Å². The van der Waals surface area contributed by atoms with Crippen molar-refractivity contribution >= 4 is 39.7 Å². The van der Waals surface area contributed by atoms with Gasteiger partial charge in [0.2, 0.25) is 5.91 Å². The lowest BCUT2D eigenvalue weighted by Gasteiger charge is -2.49. The molecule has 2 heterocycles. The predicted octanol–water partition coefficient (Wildman–Crippen LogP) is 4.05. The number of hydrogen-bond acceptors (Lipinski definition) is 9. The number of amides is 2. The highest BCUT2D eigenvalue weighted by Gasteiger charge is 2.57. The van der Waals surface area contributed by atoms with E-state index in [0.717, 1.165) is 16.7 Å². The molecule has 0 spiro atoms. The van der Waals surface area contributed by atoms with Crippen LogP contribution >= 0.6 is 11.8 Å². The minimum Gasteiger partial charge on any atom is -0.497 e. The SMILES string of the molecule is COc1ccc(CC(=O)NC2C(=O)N3C(C(=O)OC(c4ccccc4)c4ccccc4)=C(OS(=O)(=O)C(F)(F)F)CS[C@H]23)cc1. The lowest BCUT2D eigenvalue weighted by Crippen LogP contribution is -2.70. The zero-order chi connectivity index (χ0) is 32.4. The smallest absolute Gasteiger partial charge is 0.497 e. The molecule has 3 aromatic rings. The Kier molecular flexibility index (Phi) is 9.11. The Bertz CT molecular complexity index is 1680. The van der Waals surface area contributed by atoms with Crippen LogP contribution in [0, 0.1) is 0 Å². The number of carbonyl (C=O) groups excluding carboxylic acids is 3. The number of hydrogen-bond donors (Lipinski definition) is 1. The van der Waals surface area contributed by atoms with Crippen molar-refractivity contribution in [2.24, 2.45) is 0 Å². The Hall–Kier alpha value is -4.50. The van der Waals surface area contributed by atoms with Crippen LogP contribution in [0.1, 0.15) is 22.8 Å². The third kappa shape index (κ3) is 6.78. The predicted molar refractivity (Wildman–Crippen MR) is 156 cm³/mol. The average molecular weight is 663 g/mol. The quantitative estimate of drug-likeness (QED) is 0.148. The van der Waals surface area contributed by atoms with Crippen LogP contribution in [-0.4, -0.2) is 60.9 Å². The summed E-state index contributed by atoms with van der Waals surface area (Å²) in [5, 5.41) is 1.63. The molecule has 45 heavy (non-hydrogen) atoms. The molecule has 10 nitrogen and oxygen atoms in total. The van der Waals surface area contributed by atoms with E-state index in [4.69, 9.17) is 9.47 Å². The average Bonchev–Trinajstić information content (AvgIpc) is 3.02. The van der Waals surface area contributed by atoms with Gasteiger partial charge in [0.15, 0.2) is 17.6 Å². The number of nitrogens with one attached hydrogen (secondary N) is 1. The van der Waals surface area contributed by atoms with Gasteiger partial charge in [-0.25, -0.2) is 4.79 Å². The number of fused-ring (bicyclic) bond motifs is 1. The van der Waals surface area contributed by atoms with Gasteiger partial charge in [-0.1, -0.05) is 72.8 Å². The third-order valence-corrected chi connectivity index (χ3v) is 9.13. The lowest BCUT2D eigenvalue weighted by atomic mass is 10.0. The molecular formula is C30H25F3N2O8S2. The topological polar surface area (TPSA) is 128 Å². The molecule has 0 aliphatic carbocycles. The van der Waals surface area contributed by atoms with E-state index in [-0.39, 0.29) is 6.42 Å². The number of halogens is 3. The lowest BCUT2D eigenvalue weighted by molar-refractivity contribution is -0.155. The van der Waals surface area contributed by atoms with Gasteiger partial charge in [0.25, 0.3) is 5.91 Å². The summed E-state index contributed by atoms with van der Waals surface area (Å²) in [5.41, 5.74) is -4.97. The number of esters is 1. The number of carbonyl (C=O) groups is 3. The van der Waals surface area contributed by atoms with Gasteiger partial charge in [-0.15, -0.1) is 11.8 Å². The fraction of sp³-hybridized carbons (Fsp3) is 0.233. The van der Waals surface area contributed by atoms with Crippen molar-refractivity contribution in [1.82, 2.24) is 10.2 Å². The fourth-order valence-corrected chi connectivity index (χ4v) is 6.55. The van der Waals surface area contributed by atoms with Gasteiger partial charge in [-0.3, -0.25) is 14.5 Å². The normalized spacial score (nSPS) is 18.2. The van der Waals surface area contributed by atoms with E-state index >= 15 is 0 Å². The minimum absolute atomic E-state index is 0.0933. The summed E-state index contributed by atoms with van der Waals surface area (Å²) >= 11 is 0.822. The summed E-state index contributed by atoms with van der Waals surface area (Å²) in [6.07, 6.45) is -1.17. The second-order valence-electron chi connectivity index (χ2n) is 9.84. The Labute approximate surface area is 260 Å². The summed E-state index contributed by atoms with van der Waals surface area (Å²) in [4.78, 5) is 40.6. The highest BCUT2D eigenvalue weighted by Crippen LogP contribution is 2.43. The summed E-state index contributed by atoms with van der Waals surface area (Å²) < 4.78 is 79.0. The van der Waals surface area contributed by atoms with E-state index in [1.165, 1.54) is 7.11 Å². The van der Waals surface area contributed by atoms with Crippen LogP contribution in [0.25, 0.3) is 0 Å². The van der Waals surface area contributed by atoms with Crippen LogP contribution in [0.3, 0.4) is 0 Å². The maximum atomic E-state index is 13.7. The molecule has 1 saturated heterocycles. The van der Waals surface area contributed by atoms with Crippen molar-refractivity contribution in [3.05, 3.63) is 113 Å². The van der Waals surface area contributed by atoms with E-state index in [2.05, 4.69) is 9.50 Å². The second-order valence-corrected chi connectivity index (χ2v) is 12.5. The Morgan fingerprint density at radius 3 is 2.09 bits per heavy atom. The Morgan fingerprint density at radius 2 is 1.56 bits per heavy atom. The number of thioether (sulfide) groups is 1. The zero-order valence-corrected chi connectivity index (χ0v) is 25.0. The van der Waals surface area contributed by atoms with E-state index in [9.17, 15) is 36.0 Å². The van der Waals surface area contributed by atoms with Crippen molar-refractivity contribution < 1.29 is 49.6 Å². The summed E-state index contributed by atoms with van der Waals surface area (Å²) in [6, 6.07) is 22.4. The van der Waals surface area contributed by atoms with Gasteiger partial charge >= 0.3 is 21.6 Å². The molecule has 1 N–H and O–H groups in total. The van der Waals surface area contributed by atoms with Gasteiger partial charge in [0, 0.05) is 0 Å². The van der Waals surface area contributed by atoms with Crippen molar-refractivity contribution in [2.75, 3.05) is 12.9 Å². The number of alkyl halides is 3. The van der Waals surface area contributed by atoms with E-state index in [1.807, 2.05) is 0 Å². The first-order valence-electron chi connectivity index (χ1n) is 13.3. The first-order chi connectivity index (χ1) is 21.4. The molecule has 236 valence electrons. The summed E-state index contributed by atoms with van der Waals surface area (Å²) in [7, 11) is -4.70. The molecule has 3 aromatic carbocycles. The van der Waals surface area contributed by atoms with Crippen LogP contribution < -0.4 is 10.1 Å². The molecular weight excluding hydrogens is 637 g/mol. The minimum atomic E-state index is -6.20. The van der Waals surface area contributed by atoms with E-state index in [1.54, 1.807) is 84.9 Å². The van der Waals surface area contributed by atoms with Crippen LogP contribution in [-0.2, 0) is 39.8 Å². The van der Waals surface area contributed by atoms with E-state index < -0.39 is 68.1 Å². The molecule has 0 saturated carbocycles. The van der Waals surface area contributed by atoms with Gasteiger partial charge in [-0.2, -0.15) is 21.6 Å². The van der Waals surface area contributed by atoms with Crippen molar-refractivity contribution in [1.29, 1.82) is 0 Å². The molecule has 2 atom stereocenters. The maximum Gasteiger partial charge on any atom is 0.534 e. The van der Waals surface area contributed by atoms with Crippen LogP contribution in [0.4, 0.5) is 13.2 Å². The van der Waals surface area contributed by atoms with Crippen LogP contribution in [0.5, 0.6) is 5.75 Å². The molecule has 15 heteroatoms.